The van der Waals surface area contributed by atoms with Gasteiger partial charge < -0.3 is 15.1 Å². The van der Waals surface area contributed by atoms with Crippen molar-refractivity contribution in [2.75, 3.05) is 41.3 Å². The Morgan fingerprint density at radius 2 is 1.44 bits per heavy atom. The predicted octanol–water partition coefficient (Wildman–Crippen LogP) is 4.16. The van der Waals surface area contributed by atoms with E-state index >= 15 is 0 Å². The van der Waals surface area contributed by atoms with Gasteiger partial charge in [-0.15, -0.1) is 0 Å². The van der Waals surface area contributed by atoms with Crippen molar-refractivity contribution >= 4 is 23.1 Å². The molecule has 27 heavy (non-hydrogen) atoms. The van der Waals surface area contributed by atoms with Crippen molar-refractivity contribution in [3.8, 4) is 0 Å². The molecule has 4 rings (SSSR count). The number of benzene rings is 2. The highest BCUT2D eigenvalue weighted by molar-refractivity contribution is 5.63. The first-order valence-electron chi connectivity index (χ1n) is 9.42. The fourth-order valence-corrected chi connectivity index (χ4v) is 3.54. The van der Waals surface area contributed by atoms with Crippen LogP contribution in [0, 0.1) is 13.8 Å². The molecule has 5 heteroatoms. The van der Waals surface area contributed by atoms with Gasteiger partial charge in [-0.2, -0.15) is 4.98 Å². The van der Waals surface area contributed by atoms with Crippen LogP contribution >= 0.6 is 0 Å². The lowest BCUT2D eigenvalue weighted by Gasteiger charge is -2.36. The van der Waals surface area contributed by atoms with Crippen LogP contribution in [0.1, 0.15) is 11.1 Å². The third-order valence-corrected chi connectivity index (χ3v) is 5.08. The van der Waals surface area contributed by atoms with Crippen LogP contribution in [-0.2, 0) is 0 Å². The molecule has 138 valence electrons. The second-order valence-corrected chi connectivity index (χ2v) is 6.94. The molecule has 0 aliphatic carbocycles. The van der Waals surface area contributed by atoms with Crippen LogP contribution in [0.4, 0.5) is 23.1 Å². The van der Waals surface area contributed by atoms with Crippen molar-refractivity contribution in [2.24, 2.45) is 0 Å². The second kappa shape index (κ2) is 7.66. The normalized spacial score (nSPS) is 14.3. The smallest absolute Gasteiger partial charge is 0.229 e. The Morgan fingerprint density at radius 1 is 0.778 bits per heavy atom. The summed E-state index contributed by atoms with van der Waals surface area (Å²) in [6.07, 6.45) is 1.84. The van der Waals surface area contributed by atoms with Crippen LogP contribution in [0.2, 0.25) is 0 Å². The summed E-state index contributed by atoms with van der Waals surface area (Å²) < 4.78 is 0. The fraction of sp³-hybridized carbons (Fsp3) is 0.273. The molecule has 0 amide bonds. The van der Waals surface area contributed by atoms with Gasteiger partial charge in [-0.25, -0.2) is 4.98 Å². The molecule has 3 aromatic rings. The van der Waals surface area contributed by atoms with Gasteiger partial charge in [0.15, 0.2) is 0 Å². The second-order valence-electron chi connectivity index (χ2n) is 6.94. The lowest BCUT2D eigenvalue weighted by molar-refractivity contribution is 0.647. The third kappa shape index (κ3) is 3.87. The van der Waals surface area contributed by atoms with Crippen LogP contribution in [-0.4, -0.2) is 36.1 Å². The fourth-order valence-electron chi connectivity index (χ4n) is 3.54. The number of rotatable bonds is 4. The van der Waals surface area contributed by atoms with E-state index in [0.29, 0.717) is 5.95 Å². The minimum absolute atomic E-state index is 0.649. The number of nitrogens with one attached hydrogen (secondary N) is 1. The molecule has 2 aromatic carbocycles. The Morgan fingerprint density at radius 3 is 2.15 bits per heavy atom. The van der Waals surface area contributed by atoms with E-state index in [4.69, 9.17) is 4.98 Å². The van der Waals surface area contributed by atoms with E-state index < -0.39 is 0 Å². The molecule has 0 bridgehead atoms. The van der Waals surface area contributed by atoms with E-state index in [2.05, 4.69) is 82.5 Å². The summed E-state index contributed by atoms with van der Waals surface area (Å²) in [5, 5.41) is 3.40. The molecule has 1 fully saturated rings. The summed E-state index contributed by atoms with van der Waals surface area (Å²) >= 11 is 0. The van der Waals surface area contributed by atoms with Crippen molar-refractivity contribution < 1.29 is 0 Å². The molecule has 0 radical (unpaired) electrons. The van der Waals surface area contributed by atoms with E-state index in [-0.39, 0.29) is 0 Å². The van der Waals surface area contributed by atoms with Crippen LogP contribution in [0.25, 0.3) is 0 Å². The van der Waals surface area contributed by atoms with Crippen LogP contribution < -0.4 is 15.1 Å². The Labute approximate surface area is 160 Å². The zero-order valence-electron chi connectivity index (χ0n) is 15.9. The van der Waals surface area contributed by atoms with Gasteiger partial charge in [-0.05, 0) is 43.2 Å². The van der Waals surface area contributed by atoms with Gasteiger partial charge in [-0.3, -0.25) is 0 Å². The number of piperazine rings is 1. The maximum Gasteiger partial charge on any atom is 0.229 e. The summed E-state index contributed by atoms with van der Waals surface area (Å²) in [7, 11) is 0. The number of aryl methyl sites for hydroxylation is 2. The Kier molecular flexibility index (Phi) is 4.92. The van der Waals surface area contributed by atoms with Gasteiger partial charge >= 0.3 is 0 Å². The maximum absolute atomic E-state index is 4.76. The minimum Gasteiger partial charge on any atom is -0.368 e. The van der Waals surface area contributed by atoms with Gasteiger partial charge in [0.1, 0.15) is 5.82 Å². The number of anilines is 4. The standard InChI is InChI=1S/C22H25N5/c1-17-7-6-8-18(2)21(17)25-22-23-12-11-20(24-22)27-15-13-26(14-16-27)19-9-4-3-5-10-19/h3-12H,13-16H2,1-2H3,(H,23,24,25). The average molecular weight is 359 g/mol. The van der Waals surface area contributed by atoms with E-state index in [1.54, 1.807) is 0 Å². The monoisotopic (exact) mass is 359 g/mol. The number of hydrogen-bond donors (Lipinski definition) is 1. The van der Waals surface area contributed by atoms with E-state index in [1.807, 2.05) is 12.3 Å². The molecule has 1 aliphatic rings. The first kappa shape index (κ1) is 17.3. The van der Waals surface area contributed by atoms with E-state index in [0.717, 1.165) is 37.7 Å². The van der Waals surface area contributed by atoms with Gasteiger partial charge in [0.2, 0.25) is 5.95 Å². The topological polar surface area (TPSA) is 44.3 Å². The van der Waals surface area contributed by atoms with Crippen LogP contribution in [0.5, 0.6) is 0 Å². The van der Waals surface area contributed by atoms with Crippen molar-refractivity contribution in [3.05, 3.63) is 71.9 Å². The molecule has 0 unspecified atom stereocenters. The molecule has 1 N–H and O–H groups in total. The predicted molar refractivity (Wildman–Crippen MR) is 112 cm³/mol. The maximum atomic E-state index is 4.76. The molecule has 1 aromatic heterocycles. The highest BCUT2D eigenvalue weighted by atomic mass is 15.3. The molecule has 0 atom stereocenters. The van der Waals surface area contributed by atoms with Gasteiger partial charge in [0, 0.05) is 43.8 Å². The van der Waals surface area contributed by atoms with Crippen molar-refractivity contribution in [1.82, 2.24) is 9.97 Å². The summed E-state index contributed by atoms with van der Waals surface area (Å²) in [5.74, 6) is 1.63. The summed E-state index contributed by atoms with van der Waals surface area (Å²) in [6.45, 7) is 8.09. The molecule has 1 saturated heterocycles. The molecule has 5 nitrogen and oxygen atoms in total. The minimum atomic E-state index is 0.649. The highest BCUT2D eigenvalue weighted by Gasteiger charge is 2.18. The van der Waals surface area contributed by atoms with Crippen molar-refractivity contribution in [1.29, 1.82) is 0 Å². The molecule has 2 heterocycles. The summed E-state index contributed by atoms with van der Waals surface area (Å²) in [6, 6.07) is 18.9. The lowest BCUT2D eigenvalue weighted by Crippen LogP contribution is -2.46. The number of aromatic nitrogens is 2. The molecular formula is C22H25N5. The van der Waals surface area contributed by atoms with E-state index in [1.165, 1.54) is 16.8 Å². The zero-order chi connectivity index (χ0) is 18.6. The quantitative estimate of drug-likeness (QED) is 0.758. The van der Waals surface area contributed by atoms with Crippen molar-refractivity contribution in [2.45, 2.75) is 13.8 Å². The number of hydrogen-bond acceptors (Lipinski definition) is 5. The first-order chi connectivity index (χ1) is 13.2. The molecule has 0 saturated carbocycles. The summed E-state index contributed by atoms with van der Waals surface area (Å²) in [4.78, 5) is 13.9. The van der Waals surface area contributed by atoms with E-state index in [9.17, 15) is 0 Å². The summed E-state index contributed by atoms with van der Waals surface area (Å²) in [5.41, 5.74) is 4.77. The Hall–Kier alpha value is -3.08. The van der Waals surface area contributed by atoms with Crippen LogP contribution in [0.15, 0.2) is 60.8 Å². The van der Waals surface area contributed by atoms with Crippen molar-refractivity contribution in [3.63, 3.8) is 0 Å². The largest absolute Gasteiger partial charge is 0.368 e. The zero-order valence-corrected chi connectivity index (χ0v) is 15.9. The number of para-hydroxylation sites is 2. The molecular weight excluding hydrogens is 334 g/mol. The Balaban J connectivity index is 1.46. The van der Waals surface area contributed by atoms with Gasteiger partial charge in [0.05, 0.1) is 0 Å². The average Bonchev–Trinajstić information content (AvgIpc) is 2.72. The van der Waals surface area contributed by atoms with Gasteiger partial charge in [0.25, 0.3) is 0 Å². The van der Waals surface area contributed by atoms with Crippen LogP contribution in [0.3, 0.4) is 0 Å². The SMILES string of the molecule is Cc1cccc(C)c1Nc1nccc(N2CCN(c3ccccc3)CC2)n1. The number of nitrogens with zero attached hydrogens (tertiary/aromatic N) is 4. The van der Waals surface area contributed by atoms with Gasteiger partial charge in [-0.1, -0.05) is 36.4 Å². The molecule has 1 aliphatic heterocycles. The Bertz CT molecular complexity index is 881. The molecule has 0 spiro atoms. The third-order valence-electron chi connectivity index (χ3n) is 5.08. The lowest BCUT2D eigenvalue weighted by atomic mass is 10.1. The first-order valence-corrected chi connectivity index (χ1v) is 9.42. The highest BCUT2D eigenvalue weighted by Crippen LogP contribution is 2.24.